The van der Waals surface area contributed by atoms with Crippen molar-refractivity contribution < 1.29 is 9.90 Å². The highest BCUT2D eigenvalue weighted by Gasteiger charge is 2.12. The number of carbonyl (C=O) groups is 1. The molecular weight excluding hydrogens is 362 g/mol. The van der Waals surface area contributed by atoms with Gasteiger partial charge in [0.15, 0.2) is 0 Å². The van der Waals surface area contributed by atoms with E-state index in [1.807, 2.05) is 48.7 Å². The molecule has 27 heavy (non-hydrogen) atoms. The third-order valence-electron chi connectivity index (χ3n) is 4.35. The van der Waals surface area contributed by atoms with Crippen LogP contribution < -0.4 is 5.32 Å². The molecule has 4 rings (SSSR count). The maximum atomic E-state index is 11.4. The fourth-order valence-corrected chi connectivity index (χ4v) is 3.22. The van der Waals surface area contributed by atoms with Gasteiger partial charge in [0.05, 0.1) is 17.4 Å². The Labute approximate surface area is 160 Å². The molecule has 0 amide bonds. The van der Waals surface area contributed by atoms with E-state index in [1.54, 1.807) is 0 Å². The molecule has 0 radical (unpaired) electrons. The summed E-state index contributed by atoms with van der Waals surface area (Å²) in [7, 11) is 0. The summed E-state index contributed by atoms with van der Waals surface area (Å²) in [4.78, 5) is 15.4. The summed E-state index contributed by atoms with van der Waals surface area (Å²) in [6, 6.07) is 19.6. The number of pyridine rings is 1. The molecule has 2 heterocycles. The Hall–Kier alpha value is -3.31. The van der Waals surface area contributed by atoms with Crippen molar-refractivity contribution in [1.29, 1.82) is 0 Å². The minimum Gasteiger partial charge on any atom is -0.478 e. The molecule has 0 fully saturated rings. The van der Waals surface area contributed by atoms with Gasteiger partial charge in [0.25, 0.3) is 0 Å². The van der Waals surface area contributed by atoms with Crippen LogP contribution in [0.2, 0.25) is 5.15 Å². The van der Waals surface area contributed by atoms with Crippen molar-refractivity contribution >= 4 is 39.8 Å². The number of rotatable bonds is 5. The van der Waals surface area contributed by atoms with E-state index >= 15 is 0 Å². The van der Waals surface area contributed by atoms with Gasteiger partial charge in [-0.25, -0.2) is 9.78 Å². The summed E-state index contributed by atoms with van der Waals surface area (Å²) in [6.07, 6.45) is 3.48. The van der Waals surface area contributed by atoms with Crippen molar-refractivity contribution in [2.24, 2.45) is 0 Å². The predicted octanol–water partition coefficient (Wildman–Crippen LogP) is 5.18. The molecule has 2 N–H and O–H groups in total. The number of hydrogen-bond donors (Lipinski definition) is 2. The molecule has 5 nitrogen and oxygen atoms in total. The van der Waals surface area contributed by atoms with Crippen LogP contribution in [0.1, 0.15) is 15.9 Å². The zero-order valence-electron chi connectivity index (χ0n) is 14.3. The Morgan fingerprint density at radius 3 is 2.70 bits per heavy atom. The van der Waals surface area contributed by atoms with E-state index in [0.717, 1.165) is 23.1 Å². The topological polar surface area (TPSA) is 67.2 Å². The number of fused-ring (bicyclic) bond motifs is 1. The Bertz CT molecular complexity index is 1120. The number of hydrogen-bond acceptors (Lipinski definition) is 3. The van der Waals surface area contributed by atoms with Crippen LogP contribution >= 0.6 is 11.6 Å². The molecule has 0 bridgehead atoms. The molecule has 2 aromatic heterocycles. The van der Waals surface area contributed by atoms with E-state index in [2.05, 4.69) is 27.0 Å². The number of halogens is 1. The molecule has 0 spiro atoms. The Morgan fingerprint density at radius 1 is 1.11 bits per heavy atom. The number of nitrogens with one attached hydrogen (secondary N) is 1. The van der Waals surface area contributed by atoms with Crippen LogP contribution in [0.5, 0.6) is 0 Å². The highest BCUT2D eigenvalue weighted by atomic mass is 35.5. The standard InChI is InChI=1S/C21H16ClN3O2/c22-20-11-17(21(26)27)18(12-23-20)24-16-6-7-19-15(10-16)8-9-25(19)13-14-4-2-1-3-5-14/h1-12,24H,13H2,(H,26,27). The minimum atomic E-state index is -1.06. The van der Waals surface area contributed by atoms with E-state index < -0.39 is 5.97 Å². The molecule has 0 saturated carbocycles. The smallest absolute Gasteiger partial charge is 0.337 e. The van der Waals surface area contributed by atoms with Gasteiger partial charge in [-0.1, -0.05) is 41.9 Å². The Balaban J connectivity index is 1.63. The van der Waals surface area contributed by atoms with Crippen LogP contribution in [-0.4, -0.2) is 20.6 Å². The predicted molar refractivity (Wildman–Crippen MR) is 107 cm³/mol. The van der Waals surface area contributed by atoms with Gasteiger partial charge in [-0.05, 0) is 35.9 Å². The summed E-state index contributed by atoms with van der Waals surface area (Å²) < 4.78 is 2.18. The average molecular weight is 378 g/mol. The Morgan fingerprint density at radius 2 is 1.93 bits per heavy atom. The Kier molecular flexibility index (Phi) is 4.52. The summed E-state index contributed by atoms with van der Waals surface area (Å²) >= 11 is 5.81. The molecule has 0 saturated heterocycles. The summed E-state index contributed by atoms with van der Waals surface area (Å²) in [5.74, 6) is -1.06. The van der Waals surface area contributed by atoms with Gasteiger partial charge >= 0.3 is 5.97 Å². The van der Waals surface area contributed by atoms with Crippen molar-refractivity contribution in [1.82, 2.24) is 9.55 Å². The maximum Gasteiger partial charge on any atom is 0.337 e. The minimum absolute atomic E-state index is 0.0803. The van der Waals surface area contributed by atoms with Gasteiger partial charge in [0, 0.05) is 29.3 Å². The molecule has 134 valence electrons. The van der Waals surface area contributed by atoms with Crippen molar-refractivity contribution in [2.45, 2.75) is 6.54 Å². The zero-order valence-corrected chi connectivity index (χ0v) is 15.0. The van der Waals surface area contributed by atoms with E-state index in [1.165, 1.54) is 17.8 Å². The second kappa shape index (κ2) is 7.13. The van der Waals surface area contributed by atoms with Gasteiger partial charge in [-0.2, -0.15) is 0 Å². The number of aromatic nitrogens is 2. The number of carboxylic acid groups (broad SMARTS) is 1. The molecule has 2 aromatic carbocycles. The normalized spacial score (nSPS) is 10.9. The van der Waals surface area contributed by atoms with E-state index in [9.17, 15) is 9.90 Å². The summed E-state index contributed by atoms with van der Waals surface area (Å²) in [6.45, 7) is 0.793. The largest absolute Gasteiger partial charge is 0.478 e. The maximum absolute atomic E-state index is 11.4. The molecule has 4 aromatic rings. The second-order valence-electron chi connectivity index (χ2n) is 6.19. The third kappa shape index (κ3) is 3.64. The lowest BCUT2D eigenvalue weighted by Crippen LogP contribution is -2.03. The van der Waals surface area contributed by atoms with Crippen LogP contribution in [0.25, 0.3) is 10.9 Å². The zero-order chi connectivity index (χ0) is 18.8. The third-order valence-corrected chi connectivity index (χ3v) is 4.55. The van der Waals surface area contributed by atoms with E-state index in [-0.39, 0.29) is 10.7 Å². The average Bonchev–Trinajstić information content (AvgIpc) is 3.06. The van der Waals surface area contributed by atoms with E-state index in [4.69, 9.17) is 11.6 Å². The molecule has 0 aliphatic rings. The number of nitrogens with zero attached hydrogens (tertiary/aromatic N) is 2. The monoisotopic (exact) mass is 377 g/mol. The van der Waals surface area contributed by atoms with Gasteiger partial charge in [-0.3, -0.25) is 0 Å². The number of benzene rings is 2. The van der Waals surface area contributed by atoms with Gasteiger partial charge in [0.1, 0.15) is 5.15 Å². The second-order valence-corrected chi connectivity index (χ2v) is 6.57. The fourth-order valence-electron chi connectivity index (χ4n) is 3.06. The summed E-state index contributed by atoms with van der Waals surface area (Å²) in [5.41, 5.74) is 3.60. The molecule has 0 aliphatic carbocycles. The van der Waals surface area contributed by atoms with Crippen LogP contribution in [-0.2, 0) is 6.54 Å². The first-order valence-corrected chi connectivity index (χ1v) is 8.76. The quantitative estimate of drug-likeness (QED) is 0.470. The highest BCUT2D eigenvalue weighted by Crippen LogP contribution is 2.26. The molecular formula is C21H16ClN3O2. The van der Waals surface area contributed by atoms with Crippen LogP contribution in [0, 0.1) is 0 Å². The van der Waals surface area contributed by atoms with Crippen molar-refractivity contribution in [2.75, 3.05) is 5.32 Å². The van der Waals surface area contributed by atoms with Crippen molar-refractivity contribution in [3.8, 4) is 0 Å². The molecule has 0 atom stereocenters. The van der Waals surface area contributed by atoms with Crippen LogP contribution in [0.3, 0.4) is 0 Å². The lowest BCUT2D eigenvalue weighted by atomic mass is 10.2. The number of carboxylic acids is 1. The highest BCUT2D eigenvalue weighted by molar-refractivity contribution is 6.29. The van der Waals surface area contributed by atoms with Crippen LogP contribution in [0.15, 0.2) is 73.1 Å². The lowest BCUT2D eigenvalue weighted by molar-refractivity contribution is 0.0698. The van der Waals surface area contributed by atoms with Crippen molar-refractivity contribution in [3.63, 3.8) is 0 Å². The first-order valence-electron chi connectivity index (χ1n) is 8.39. The van der Waals surface area contributed by atoms with E-state index in [0.29, 0.717) is 5.69 Å². The first kappa shape index (κ1) is 17.1. The summed E-state index contributed by atoms with van der Waals surface area (Å²) in [5, 5.41) is 13.7. The molecule has 6 heteroatoms. The fraction of sp³-hybridized carbons (Fsp3) is 0.0476. The molecule has 0 unspecified atom stereocenters. The van der Waals surface area contributed by atoms with Gasteiger partial charge in [-0.15, -0.1) is 0 Å². The number of aromatic carboxylic acids is 1. The van der Waals surface area contributed by atoms with Crippen LogP contribution in [0.4, 0.5) is 11.4 Å². The van der Waals surface area contributed by atoms with Gasteiger partial charge < -0.3 is 15.0 Å². The molecule has 0 aliphatic heterocycles. The van der Waals surface area contributed by atoms with Crippen molar-refractivity contribution in [3.05, 3.63) is 89.3 Å². The lowest BCUT2D eigenvalue weighted by Gasteiger charge is -2.10. The number of anilines is 2. The first-order chi connectivity index (χ1) is 13.1. The SMILES string of the molecule is O=C(O)c1cc(Cl)ncc1Nc1ccc2c(ccn2Cc2ccccc2)c1. The van der Waals surface area contributed by atoms with Gasteiger partial charge in [0.2, 0.25) is 0 Å².